The van der Waals surface area contributed by atoms with Crippen LogP contribution in [0.15, 0.2) is 47.4 Å². The number of esters is 1. The highest BCUT2D eigenvalue weighted by molar-refractivity contribution is 7.92. The number of benzene rings is 2. The Morgan fingerprint density at radius 3 is 2.32 bits per heavy atom. The van der Waals surface area contributed by atoms with Gasteiger partial charge in [-0.2, -0.15) is 0 Å². The highest BCUT2D eigenvalue weighted by atomic mass is 32.2. The third kappa shape index (κ3) is 5.33. The molecule has 0 N–H and O–H groups in total. The Kier molecular flexibility index (Phi) is 7.22. The molecule has 12 heteroatoms. The molecule has 0 radical (unpaired) electrons. The van der Waals surface area contributed by atoms with Crippen molar-refractivity contribution >= 4 is 33.1 Å². The van der Waals surface area contributed by atoms with Crippen LogP contribution in [-0.4, -0.2) is 39.4 Å². The average molecular weight is 515 g/mol. The highest BCUT2D eigenvalue weighted by Crippen LogP contribution is 2.36. The molecule has 0 aliphatic heterocycles. The first-order valence-electron chi connectivity index (χ1n) is 9.92. The molecule has 0 unspecified atom stereocenters. The smallest absolute Gasteiger partial charge is 0.465 e. The fraction of sp³-hybridized carbons (Fsp3) is 0.273. The minimum Gasteiger partial charge on any atom is -0.465 e. The third-order valence-corrected chi connectivity index (χ3v) is 7.70. The number of hydrogen-bond donors (Lipinski definition) is 0. The van der Waals surface area contributed by atoms with E-state index in [1.807, 2.05) is 0 Å². The molecule has 0 spiro atoms. The maximum Gasteiger partial charge on any atom is 0.573 e. The van der Waals surface area contributed by atoms with Gasteiger partial charge in [0.1, 0.15) is 10.8 Å². The molecule has 1 aromatic heterocycles. The fourth-order valence-corrected chi connectivity index (χ4v) is 5.68. The van der Waals surface area contributed by atoms with Crippen molar-refractivity contribution in [1.29, 1.82) is 0 Å². The van der Waals surface area contributed by atoms with Gasteiger partial charge in [0.15, 0.2) is 5.82 Å². The first-order valence-corrected chi connectivity index (χ1v) is 12.2. The minimum absolute atomic E-state index is 0.0616. The Morgan fingerprint density at radius 2 is 1.76 bits per heavy atom. The number of carbonyl (C=O) groups is 1. The summed E-state index contributed by atoms with van der Waals surface area (Å²) in [7, 11) is -2.87. The molecule has 0 bridgehead atoms. The summed E-state index contributed by atoms with van der Waals surface area (Å²) in [6, 6.07) is 9.34. The zero-order valence-electron chi connectivity index (χ0n) is 18.6. The molecule has 7 nitrogen and oxygen atoms in total. The molecule has 0 saturated carbocycles. The van der Waals surface area contributed by atoms with Crippen molar-refractivity contribution in [3.05, 3.63) is 58.5 Å². The van der Waals surface area contributed by atoms with Crippen molar-refractivity contribution in [3.63, 3.8) is 0 Å². The molecule has 0 fully saturated rings. The minimum atomic E-state index is -4.80. The molecular weight excluding hydrogens is 493 g/mol. The third-order valence-electron chi connectivity index (χ3n) is 4.83. The van der Waals surface area contributed by atoms with Crippen LogP contribution in [0.1, 0.15) is 27.7 Å². The van der Waals surface area contributed by atoms with Crippen molar-refractivity contribution in [2.75, 3.05) is 18.0 Å². The molecule has 0 aliphatic rings. The SMILES string of the molecule is CCN(c1nc(-c2ccc(OC(F)(F)F)cc2)sc1C)S(=O)(=O)c1ccc(C)c(C(=O)OC)c1. The summed E-state index contributed by atoms with van der Waals surface area (Å²) in [6.07, 6.45) is -4.80. The quantitative estimate of drug-likeness (QED) is 0.397. The summed E-state index contributed by atoms with van der Waals surface area (Å²) in [4.78, 5) is 17.0. The average Bonchev–Trinajstić information content (AvgIpc) is 3.14. The number of aromatic nitrogens is 1. The Morgan fingerprint density at radius 1 is 1.12 bits per heavy atom. The van der Waals surface area contributed by atoms with Gasteiger partial charge in [0.05, 0.1) is 17.6 Å². The van der Waals surface area contributed by atoms with Gasteiger partial charge in [-0.05, 0) is 62.7 Å². The van der Waals surface area contributed by atoms with Crippen LogP contribution in [0, 0.1) is 13.8 Å². The highest BCUT2D eigenvalue weighted by Gasteiger charge is 2.31. The number of nitrogens with zero attached hydrogens (tertiary/aromatic N) is 2. The van der Waals surface area contributed by atoms with Crippen molar-refractivity contribution < 1.29 is 35.9 Å². The van der Waals surface area contributed by atoms with E-state index in [9.17, 15) is 26.4 Å². The second-order valence-electron chi connectivity index (χ2n) is 7.11. The Labute approximate surface area is 198 Å². The molecule has 0 amide bonds. The van der Waals surface area contributed by atoms with Gasteiger partial charge in [-0.25, -0.2) is 22.5 Å². The monoisotopic (exact) mass is 514 g/mol. The number of carbonyl (C=O) groups excluding carboxylic acids is 1. The number of methoxy groups -OCH3 is 1. The Bertz CT molecular complexity index is 1300. The number of aryl methyl sites for hydroxylation is 2. The number of anilines is 1. The van der Waals surface area contributed by atoms with Crippen LogP contribution in [0.5, 0.6) is 5.75 Å². The zero-order chi connectivity index (χ0) is 25.3. The van der Waals surface area contributed by atoms with E-state index in [0.717, 1.165) is 16.4 Å². The number of thiazole rings is 1. The van der Waals surface area contributed by atoms with E-state index in [-0.39, 0.29) is 28.6 Å². The van der Waals surface area contributed by atoms with E-state index in [2.05, 4.69) is 9.72 Å². The van der Waals surface area contributed by atoms with E-state index >= 15 is 0 Å². The van der Waals surface area contributed by atoms with Crippen molar-refractivity contribution in [2.45, 2.75) is 32.0 Å². The standard InChI is InChI=1S/C22H21F3N2O5S2/c1-5-27(34(29,30)17-11-6-13(2)18(12-17)21(28)31-4)19-14(3)33-20(26-19)15-7-9-16(10-8-15)32-22(23,24)25/h6-12H,5H2,1-4H3. The van der Waals surface area contributed by atoms with Gasteiger partial charge in [-0.3, -0.25) is 0 Å². The predicted octanol–water partition coefficient (Wildman–Crippen LogP) is 5.33. The van der Waals surface area contributed by atoms with Crippen LogP contribution in [0.2, 0.25) is 0 Å². The van der Waals surface area contributed by atoms with E-state index in [1.54, 1.807) is 20.8 Å². The van der Waals surface area contributed by atoms with Gasteiger partial charge in [0, 0.05) is 17.0 Å². The second-order valence-corrected chi connectivity index (χ2v) is 10.2. The normalized spacial score (nSPS) is 11.9. The zero-order valence-corrected chi connectivity index (χ0v) is 20.3. The topological polar surface area (TPSA) is 85.8 Å². The lowest BCUT2D eigenvalue weighted by Crippen LogP contribution is -2.31. The first-order chi connectivity index (χ1) is 15.9. The number of hydrogen-bond acceptors (Lipinski definition) is 7. The lowest BCUT2D eigenvalue weighted by Gasteiger charge is -2.22. The molecule has 2 aromatic carbocycles. The maximum atomic E-state index is 13.4. The number of rotatable bonds is 7. The van der Waals surface area contributed by atoms with Gasteiger partial charge in [0.25, 0.3) is 10.0 Å². The summed E-state index contributed by atoms with van der Waals surface area (Å²) < 4.78 is 73.8. The van der Waals surface area contributed by atoms with Crippen molar-refractivity contribution in [1.82, 2.24) is 4.98 Å². The predicted molar refractivity (Wildman–Crippen MR) is 122 cm³/mol. The molecule has 3 rings (SSSR count). The van der Waals surface area contributed by atoms with Gasteiger partial charge < -0.3 is 9.47 Å². The molecule has 0 atom stereocenters. The van der Waals surface area contributed by atoms with E-state index < -0.39 is 22.4 Å². The van der Waals surface area contributed by atoms with Crippen molar-refractivity contribution in [2.24, 2.45) is 0 Å². The second kappa shape index (κ2) is 9.63. The van der Waals surface area contributed by atoms with E-state index in [1.165, 1.54) is 48.8 Å². The van der Waals surface area contributed by atoms with Crippen LogP contribution in [0.4, 0.5) is 19.0 Å². The Hall–Kier alpha value is -3.12. The summed E-state index contributed by atoms with van der Waals surface area (Å²) in [6.45, 7) is 5.08. The van der Waals surface area contributed by atoms with Crippen molar-refractivity contribution in [3.8, 4) is 16.3 Å². The molecule has 3 aromatic rings. The van der Waals surface area contributed by atoms with E-state index in [4.69, 9.17) is 4.74 Å². The summed E-state index contributed by atoms with van der Waals surface area (Å²) in [5.41, 5.74) is 1.21. The van der Waals surface area contributed by atoms with Gasteiger partial charge >= 0.3 is 12.3 Å². The number of sulfonamides is 1. The maximum absolute atomic E-state index is 13.4. The van der Waals surface area contributed by atoms with Crippen LogP contribution in [0.25, 0.3) is 10.6 Å². The summed E-state index contributed by atoms with van der Waals surface area (Å²) >= 11 is 1.20. The van der Waals surface area contributed by atoms with Gasteiger partial charge in [-0.1, -0.05) is 6.07 Å². The largest absolute Gasteiger partial charge is 0.573 e. The lowest BCUT2D eigenvalue weighted by molar-refractivity contribution is -0.274. The summed E-state index contributed by atoms with van der Waals surface area (Å²) in [5.74, 6) is -0.829. The van der Waals surface area contributed by atoms with Gasteiger partial charge in [-0.15, -0.1) is 24.5 Å². The van der Waals surface area contributed by atoms with Gasteiger partial charge in [0.2, 0.25) is 0 Å². The molecule has 34 heavy (non-hydrogen) atoms. The molecular formula is C22H21F3N2O5S2. The molecule has 182 valence electrons. The molecule has 0 aliphatic carbocycles. The Balaban J connectivity index is 1.97. The lowest BCUT2D eigenvalue weighted by atomic mass is 10.1. The van der Waals surface area contributed by atoms with Crippen LogP contribution >= 0.6 is 11.3 Å². The van der Waals surface area contributed by atoms with E-state index in [0.29, 0.717) is 21.0 Å². The number of ether oxygens (including phenoxy) is 2. The first kappa shape index (κ1) is 25.5. The number of halogens is 3. The summed E-state index contributed by atoms with van der Waals surface area (Å²) in [5, 5.41) is 0.430. The van der Waals surface area contributed by atoms with Crippen LogP contribution in [0.3, 0.4) is 0 Å². The fourth-order valence-electron chi connectivity index (χ4n) is 3.19. The molecule has 1 heterocycles. The molecule has 0 saturated heterocycles. The van der Waals surface area contributed by atoms with Crippen LogP contribution < -0.4 is 9.04 Å². The number of alkyl halides is 3. The van der Waals surface area contributed by atoms with Crippen LogP contribution in [-0.2, 0) is 14.8 Å².